The van der Waals surface area contributed by atoms with E-state index in [0.717, 1.165) is 0 Å². The number of carbonyl (C=O) groups is 2. The van der Waals surface area contributed by atoms with Gasteiger partial charge in [-0.05, 0) is 25.8 Å². The Morgan fingerprint density at radius 2 is 2.09 bits per heavy atom. The molecular formula is C15H19N3O4. The molecule has 2 rings (SSSR count). The Bertz CT molecular complexity index is 682. The Morgan fingerprint density at radius 3 is 2.55 bits per heavy atom. The highest BCUT2D eigenvalue weighted by atomic mass is 16.5. The van der Waals surface area contributed by atoms with Gasteiger partial charge in [-0.3, -0.25) is 4.79 Å². The normalized spacial score (nSPS) is 20.8. The number of aliphatic imine (C=N–C) groups is 1. The maximum atomic E-state index is 12.2. The second-order valence-electron chi connectivity index (χ2n) is 5.69. The van der Waals surface area contributed by atoms with E-state index in [0.29, 0.717) is 11.4 Å². The standard InChI is InChI=1S/C15H19N3O4/c1-7(2)15(4)14(21)17-12(18-15)11-9(13(19)20)6-10(22-5)8(3)16-11/h6-7H,1-5H3,(H,19,20)(H,17,18,21). The Kier molecular flexibility index (Phi) is 3.91. The molecule has 7 heteroatoms. The van der Waals surface area contributed by atoms with Gasteiger partial charge in [0.25, 0.3) is 5.91 Å². The zero-order valence-electron chi connectivity index (χ0n) is 13.2. The van der Waals surface area contributed by atoms with Crippen LogP contribution in [0.25, 0.3) is 0 Å². The zero-order valence-corrected chi connectivity index (χ0v) is 13.2. The molecule has 22 heavy (non-hydrogen) atoms. The predicted octanol–water partition coefficient (Wildman–Crippen LogP) is 1.39. The second-order valence-corrected chi connectivity index (χ2v) is 5.69. The summed E-state index contributed by atoms with van der Waals surface area (Å²) in [5.41, 5.74) is -0.323. The number of pyridine rings is 1. The third kappa shape index (κ3) is 2.43. The van der Waals surface area contributed by atoms with Gasteiger partial charge in [-0.15, -0.1) is 0 Å². The van der Waals surface area contributed by atoms with E-state index in [1.54, 1.807) is 13.8 Å². The van der Waals surface area contributed by atoms with Crippen molar-refractivity contribution in [2.24, 2.45) is 10.9 Å². The van der Waals surface area contributed by atoms with Crippen LogP contribution in [0.1, 0.15) is 42.5 Å². The maximum Gasteiger partial charge on any atom is 0.338 e. The van der Waals surface area contributed by atoms with Crippen molar-refractivity contribution in [2.75, 3.05) is 7.11 Å². The van der Waals surface area contributed by atoms with E-state index in [1.807, 2.05) is 13.8 Å². The topological polar surface area (TPSA) is 101 Å². The molecule has 118 valence electrons. The summed E-state index contributed by atoms with van der Waals surface area (Å²) < 4.78 is 5.10. The van der Waals surface area contributed by atoms with E-state index in [1.165, 1.54) is 13.2 Å². The van der Waals surface area contributed by atoms with Crippen molar-refractivity contribution in [3.8, 4) is 5.75 Å². The number of ether oxygens (including phenoxy) is 1. The second kappa shape index (κ2) is 5.40. The van der Waals surface area contributed by atoms with Crippen LogP contribution in [-0.4, -0.2) is 40.5 Å². The molecule has 0 saturated carbocycles. The minimum absolute atomic E-state index is 0.0300. The molecule has 1 atom stereocenters. The minimum atomic E-state index is -1.16. The Hall–Kier alpha value is -2.44. The van der Waals surface area contributed by atoms with Gasteiger partial charge in [0.05, 0.1) is 18.4 Å². The van der Waals surface area contributed by atoms with Crippen molar-refractivity contribution in [1.82, 2.24) is 10.3 Å². The van der Waals surface area contributed by atoms with Crippen molar-refractivity contribution in [2.45, 2.75) is 33.2 Å². The molecular weight excluding hydrogens is 286 g/mol. The molecule has 2 N–H and O–H groups in total. The van der Waals surface area contributed by atoms with E-state index in [2.05, 4.69) is 15.3 Å². The van der Waals surface area contributed by atoms with E-state index in [4.69, 9.17) is 4.74 Å². The molecule has 1 unspecified atom stereocenters. The molecule has 0 aliphatic carbocycles. The monoisotopic (exact) mass is 305 g/mol. The maximum absolute atomic E-state index is 12.2. The van der Waals surface area contributed by atoms with Gasteiger partial charge in [-0.25, -0.2) is 14.8 Å². The number of amides is 1. The van der Waals surface area contributed by atoms with Crippen LogP contribution in [0.3, 0.4) is 0 Å². The number of nitrogens with one attached hydrogen (secondary N) is 1. The Morgan fingerprint density at radius 1 is 1.45 bits per heavy atom. The number of carboxylic acid groups (broad SMARTS) is 1. The molecule has 1 aliphatic heterocycles. The Labute approximate surface area is 128 Å². The summed E-state index contributed by atoms with van der Waals surface area (Å²) >= 11 is 0. The molecule has 0 fully saturated rings. The number of aryl methyl sites for hydroxylation is 1. The highest BCUT2D eigenvalue weighted by Crippen LogP contribution is 2.28. The number of aromatic nitrogens is 1. The summed E-state index contributed by atoms with van der Waals surface area (Å²) in [6.45, 7) is 7.19. The molecule has 1 aromatic heterocycles. The first kappa shape index (κ1) is 15.9. The third-order valence-electron chi connectivity index (χ3n) is 4.00. The number of aromatic carboxylic acids is 1. The number of nitrogens with zero attached hydrogens (tertiary/aromatic N) is 2. The van der Waals surface area contributed by atoms with E-state index in [-0.39, 0.29) is 28.9 Å². The van der Waals surface area contributed by atoms with Crippen LogP contribution in [0.5, 0.6) is 5.75 Å². The van der Waals surface area contributed by atoms with E-state index >= 15 is 0 Å². The predicted molar refractivity (Wildman–Crippen MR) is 80.4 cm³/mol. The Balaban J connectivity index is 2.61. The summed E-state index contributed by atoms with van der Waals surface area (Å²) in [5, 5.41) is 12.0. The SMILES string of the molecule is COc1cc(C(=O)O)c(C2=NC(C)(C(C)C)C(=O)N2)nc1C. The molecule has 7 nitrogen and oxygen atoms in total. The molecule has 1 aromatic rings. The summed E-state index contributed by atoms with van der Waals surface area (Å²) in [6.07, 6.45) is 0. The van der Waals surface area contributed by atoms with Gasteiger partial charge >= 0.3 is 5.97 Å². The first-order valence-electron chi connectivity index (χ1n) is 6.91. The zero-order chi connectivity index (χ0) is 16.7. The lowest BCUT2D eigenvalue weighted by Gasteiger charge is -2.21. The first-order valence-corrected chi connectivity index (χ1v) is 6.91. The van der Waals surface area contributed by atoms with Gasteiger partial charge in [-0.1, -0.05) is 13.8 Å². The van der Waals surface area contributed by atoms with Crippen LogP contribution in [0.4, 0.5) is 0 Å². The minimum Gasteiger partial charge on any atom is -0.495 e. The molecule has 0 bridgehead atoms. The molecule has 0 saturated heterocycles. The number of amidine groups is 1. The number of carboxylic acids is 1. The number of methoxy groups -OCH3 is 1. The molecule has 0 aromatic carbocycles. The molecule has 1 aliphatic rings. The van der Waals surface area contributed by atoms with Crippen molar-refractivity contribution in [1.29, 1.82) is 0 Å². The van der Waals surface area contributed by atoms with Crippen LogP contribution < -0.4 is 10.1 Å². The van der Waals surface area contributed by atoms with Crippen molar-refractivity contribution in [3.05, 3.63) is 23.0 Å². The van der Waals surface area contributed by atoms with E-state index < -0.39 is 11.5 Å². The molecule has 2 heterocycles. The number of rotatable bonds is 4. The van der Waals surface area contributed by atoms with Crippen LogP contribution >= 0.6 is 0 Å². The third-order valence-corrected chi connectivity index (χ3v) is 4.00. The van der Waals surface area contributed by atoms with Crippen LogP contribution in [0.2, 0.25) is 0 Å². The summed E-state index contributed by atoms with van der Waals surface area (Å²) in [4.78, 5) is 32.3. The lowest BCUT2D eigenvalue weighted by molar-refractivity contribution is -0.124. The highest BCUT2D eigenvalue weighted by molar-refractivity contribution is 6.17. The number of hydrogen-bond donors (Lipinski definition) is 2. The van der Waals surface area contributed by atoms with Crippen LogP contribution in [0, 0.1) is 12.8 Å². The van der Waals surface area contributed by atoms with Gasteiger partial charge in [0.2, 0.25) is 0 Å². The van der Waals surface area contributed by atoms with Crippen molar-refractivity contribution < 1.29 is 19.4 Å². The lowest BCUT2D eigenvalue weighted by Crippen LogP contribution is -2.41. The first-order chi connectivity index (χ1) is 10.2. The average molecular weight is 305 g/mol. The van der Waals surface area contributed by atoms with Gasteiger partial charge in [-0.2, -0.15) is 0 Å². The highest BCUT2D eigenvalue weighted by Gasteiger charge is 2.43. The molecule has 1 amide bonds. The van der Waals surface area contributed by atoms with Gasteiger partial charge in [0.1, 0.15) is 17.0 Å². The number of carbonyl (C=O) groups excluding carboxylic acids is 1. The van der Waals surface area contributed by atoms with Crippen LogP contribution in [0.15, 0.2) is 11.1 Å². The van der Waals surface area contributed by atoms with Gasteiger partial charge in [0.15, 0.2) is 5.84 Å². The largest absolute Gasteiger partial charge is 0.495 e. The lowest BCUT2D eigenvalue weighted by atomic mass is 9.89. The fourth-order valence-corrected chi connectivity index (χ4v) is 2.19. The summed E-state index contributed by atoms with van der Waals surface area (Å²) in [7, 11) is 1.44. The molecule has 0 spiro atoms. The fourth-order valence-electron chi connectivity index (χ4n) is 2.19. The smallest absolute Gasteiger partial charge is 0.338 e. The average Bonchev–Trinajstić information content (AvgIpc) is 2.75. The number of hydrogen-bond acceptors (Lipinski definition) is 5. The van der Waals surface area contributed by atoms with Gasteiger partial charge < -0.3 is 15.2 Å². The van der Waals surface area contributed by atoms with E-state index in [9.17, 15) is 14.7 Å². The fraction of sp³-hybridized carbons (Fsp3) is 0.467. The quantitative estimate of drug-likeness (QED) is 0.875. The van der Waals surface area contributed by atoms with Crippen LogP contribution in [-0.2, 0) is 4.79 Å². The van der Waals surface area contributed by atoms with Crippen molar-refractivity contribution >= 4 is 17.7 Å². The summed E-state index contributed by atoms with van der Waals surface area (Å²) in [5.74, 6) is -0.889. The van der Waals surface area contributed by atoms with Gasteiger partial charge in [0, 0.05) is 0 Å². The van der Waals surface area contributed by atoms with Crippen molar-refractivity contribution in [3.63, 3.8) is 0 Å². The molecule has 0 radical (unpaired) electrons. The summed E-state index contributed by atoms with van der Waals surface area (Å²) in [6, 6.07) is 1.39.